The molecule has 0 aliphatic rings. The van der Waals surface area contributed by atoms with Gasteiger partial charge in [-0.2, -0.15) is 5.26 Å². The van der Waals surface area contributed by atoms with Gasteiger partial charge in [-0.05, 0) is 0 Å². The zero-order valence-corrected chi connectivity index (χ0v) is 8.94. The monoisotopic (exact) mass is 230 g/mol. The maximum Gasteiger partial charge on any atom is 0.163 e. The number of rotatable bonds is 1. The molecule has 0 saturated heterocycles. The molecule has 0 aliphatic heterocycles. The average Bonchev–Trinajstić information content (AvgIpc) is 2.30. The van der Waals surface area contributed by atoms with E-state index in [9.17, 15) is 0 Å². The first-order valence-corrected chi connectivity index (χ1v) is 4.88. The summed E-state index contributed by atoms with van der Waals surface area (Å²) in [6.07, 6.45) is 0. The molecule has 2 rings (SSSR count). The zero-order valence-electron chi connectivity index (χ0n) is 8.18. The van der Waals surface area contributed by atoms with Crippen LogP contribution in [0.5, 0.6) is 0 Å². The lowest BCUT2D eigenvalue weighted by molar-refractivity contribution is 1.17. The highest BCUT2D eigenvalue weighted by atomic mass is 35.5. The Hall–Kier alpha value is -2.12. The van der Waals surface area contributed by atoms with E-state index in [1.807, 2.05) is 36.4 Å². The number of nitrogen functional groups attached to an aromatic ring is 1. The number of halogens is 1. The quantitative estimate of drug-likeness (QED) is 0.763. The Balaban J connectivity index is 2.58. The van der Waals surface area contributed by atoms with Crippen LogP contribution in [0.2, 0.25) is 5.15 Å². The Kier molecular flexibility index (Phi) is 2.71. The van der Waals surface area contributed by atoms with Crippen LogP contribution in [0.1, 0.15) is 5.56 Å². The van der Waals surface area contributed by atoms with E-state index in [4.69, 9.17) is 22.6 Å². The second-order valence-corrected chi connectivity index (χ2v) is 3.43. The van der Waals surface area contributed by atoms with Crippen molar-refractivity contribution < 1.29 is 0 Å². The van der Waals surface area contributed by atoms with E-state index >= 15 is 0 Å². The van der Waals surface area contributed by atoms with E-state index in [0.29, 0.717) is 5.82 Å². The van der Waals surface area contributed by atoms with Crippen LogP contribution in [0.25, 0.3) is 11.4 Å². The molecule has 1 heterocycles. The summed E-state index contributed by atoms with van der Waals surface area (Å²) in [5.74, 6) is 0.517. The molecule has 0 radical (unpaired) electrons. The molecular weight excluding hydrogens is 224 g/mol. The van der Waals surface area contributed by atoms with Crippen LogP contribution in [0.4, 0.5) is 5.82 Å². The molecule has 16 heavy (non-hydrogen) atoms. The minimum absolute atomic E-state index is 0.0776. The number of nitrogens with two attached hydrogens (primary N) is 1. The molecule has 1 aromatic carbocycles. The molecule has 4 nitrogen and oxygen atoms in total. The topological polar surface area (TPSA) is 75.6 Å². The van der Waals surface area contributed by atoms with E-state index in [-0.39, 0.29) is 16.5 Å². The molecule has 0 unspecified atom stereocenters. The van der Waals surface area contributed by atoms with Crippen LogP contribution in [-0.2, 0) is 0 Å². The van der Waals surface area contributed by atoms with Crippen LogP contribution in [0, 0.1) is 11.3 Å². The Bertz CT molecular complexity index is 537. The first-order valence-electron chi connectivity index (χ1n) is 4.51. The summed E-state index contributed by atoms with van der Waals surface area (Å²) in [4.78, 5) is 8.06. The summed E-state index contributed by atoms with van der Waals surface area (Å²) in [5, 5.41) is 8.84. The summed E-state index contributed by atoms with van der Waals surface area (Å²) < 4.78 is 0. The van der Waals surface area contributed by atoms with Crippen molar-refractivity contribution in [2.45, 2.75) is 0 Å². The SMILES string of the molecule is N#Cc1c(N)nc(-c2ccccc2)nc1Cl. The first-order chi connectivity index (χ1) is 7.72. The number of aromatic nitrogens is 2. The van der Waals surface area contributed by atoms with Crippen LogP contribution in [0.15, 0.2) is 30.3 Å². The van der Waals surface area contributed by atoms with Gasteiger partial charge in [0.05, 0.1) is 0 Å². The minimum atomic E-state index is 0.0776. The highest BCUT2D eigenvalue weighted by Gasteiger charge is 2.10. The lowest BCUT2D eigenvalue weighted by atomic mass is 10.2. The third kappa shape index (κ3) is 1.81. The predicted octanol–water partition coefficient (Wildman–Crippen LogP) is 2.25. The Morgan fingerprint density at radius 2 is 1.88 bits per heavy atom. The molecule has 5 heteroatoms. The summed E-state index contributed by atoms with van der Waals surface area (Å²) in [5.41, 5.74) is 6.53. The van der Waals surface area contributed by atoms with E-state index < -0.39 is 0 Å². The van der Waals surface area contributed by atoms with E-state index in [1.54, 1.807) is 0 Å². The highest BCUT2D eigenvalue weighted by molar-refractivity contribution is 6.31. The molecule has 2 N–H and O–H groups in total. The summed E-state index contributed by atoms with van der Waals surface area (Å²) >= 11 is 5.83. The number of anilines is 1. The number of nitriles is 1. The van der Waals surface area contributed by atoms with Crippen LogP contribution in [0.3, 0.4) is 0 Å². The summed E-state index contributed by atoms with van der Waals surface area (Å²) in [6, 6.07) is 11.2. The fourth-order valence-corrected chi connectivity index (χ4v) is 1.49. The average molecular weight is 231 g/mol. The maximum atomic E-state index is 8.77. The Labute approximate surface area is 97.3 Å². The molecular formula is C11H7ClN4. The maximum absolute atomic E-state index is 8.77. The van der Waals surface area contributed by atoms with Crippen LogP contribution >= 0.6 is 11.6 Å². The molecule has 0 bridgehead atoms. The zero-order chi connectivity index (χ0) is 11.5. The van der Waals surface area contributed by atoms with Gasteiger partial charge in [0.1, 0.15) is 17.5 Å². The fraction of sp³-hybridized carbons (Fsp3) is 0. The van der Waals surface area contributed by atoms with Crippen molar-refractivity contribution in [3.8, 4) is 17.5 Å². The van der Waals surface area contributed by atoms with Gasteiger partial charge < -0.3 is 5.73 Å². The van der Waals surface area contributed by atoms with Gasteiger partial charge >= 0.3 is 0 Å². The number of benzene rings is 1. The molecule has 0 atom stereocenters. The van der Waals surface area contributed by atoms with E-state index in [1.165, 1.54) is 0 Å². The van der Waals surface area contributed by atoms with Gasteiger partial charge in [-0.15, -0.1) is 0 Å². The molecule has 2 aromatic rings. The van der Waals surface area contributed by atoms with E-state index in [2.05, 4.69) is 9.97 Å². The largest absolute Gasteiger partial charge is 0.382 e. The van der Waals surface area contributed by atoms with Gasteiger partial charge in [0.15, 0.2) is 11.0 Å². The Morgan fingerprint density at radius 3 is 2.44 bits per heavy atom. The second-order valence-electron chi connectivity index (χ2n) is 3.08. The van der Waals surface area contributed by atoms with Crippen molar-refractivity contribution in [2.75, 3.05) is 5.73 Å². The van der Waals surface area contributed by atoms with Crippen molar-refractivity contribution in [3.63, 3.8) is 0 Å². The van der Waals surface area contributed by atoms with Gasteiger partial charge in [-0.3, -0.25) is 0 Å². The normalized spacial score (nSPS) is 9.75. The van der Waals surface area contributed by atoms with Crippen LogP contribution < -0.4 is 5.73 Å². The van der Waals surface area contributed by atoms with Crippen molar-refractivity contribution in [1.29, 1.82) is 5.26 Å². The van der Waals surface area contributed by atoms with Crippen molar-refractivity contribution in [2.24, 2.45) is 0 Å². The van der Waals surface area contributed by atoms with Gasteiger partial charge in [0.25, 0.3) is 0 Å². The predicted molar refractivity (Wildman–Crippen MR) is 61.6 cm³/mol. The standard InChI is InChI=1S/C11H7ClN4/c12-9-8(6-13)10(14)16-11(15-9)7-4-2-1-3-5-7/h1-5H,(H2,14,15,16). The van der Waals surface area contributed by atoms with Gasteiger partial charge in [0, 0.05) is 5.56 Å². The summed E-state index contributed by atoms with van der Waals surface area (Å²) in [6.45, 7) is 0. The third-order valence-electron chi connectivity index (χ3n) is 2.04. The second kappa shape index (κ2) is 4.17. The molecule has 0 amide bonds. The van der Waals surface area contributed by atoms with Crippen molar-refractivity contribution in [1.82, 2.24) is 9.97 Å². The van der Waals surface area contributed by atoms with E-state index in [0.717, 1.165) is 5.56 Å². The number of hydrogen-bond acceptors (Lipinski definition) is 4. The first kappa shape index (κ1) is 10.4. The minimum Gasteiger partial charge on any atom is -0.382 e. The molecule has 0 spiro atoms. The molecule has 0 saturated carbocycles. The fourth-order valence-electron chi connectivity index (χ4n) is 1.27. The Morgan fingerprint density at radius 1 is 1.19 bits per heavy atom. The van der Waals surface area contributed by atoms with Gasteiger partial charge in [-0.25, -0.2) is 9.97 Å². The highest BCUT2D eigenvalue weighted by Crippen LogP contribution is 2.22. The van der Waals surface area contributed by atoms with Gasteiger partial charge in [0.2, 0.25) is 0 Å². The lowest BCUT2D eigenvalue weighted by Crippen LogP contribution is -2.00. The van der Waals surface area contributed by atoms with Gasteiger partial charge in [-0.1, -0.05) is 41.9 Å². The smallest absolute Gasteiger partial charge is 0.163 e. The number of hydrogen-bond donors (Lipinski definition) is 1. The molecule has 1 aromatic heterocycles. The molecule has 0 aliphatic carbocycles. The van der Waals surface area contributed by atoms with Crippen molar-refractivity contribution >= 4 is 17.4 Å². The lowest BCUT2D eigenvalue weighted by Gasteiger charge is -2.03. The molecule has 0 fully saturated rings. The van der Waals surface area contributed by atoms with Crippen molar-refractivity contribution in [3.05, 3.63) is 41.0 Å². The number of nitrogens with zero attached hydrogens (tertiary/aromatic N) is 3. The third-order valence-corrected chi connectivity index (χ3v) is 2.31. The molecule has 78 valence electrons. The van der Waals surface area contributed by atoms with Crippen LogP contribution in [-0.4, -0.2) is 9.97 Å². The summed E-state index contributed by atoms with van der Waals surface area (Å²) in [7, 11) is 0.